The van der Waals surface area contributed by atoms with Gasteiger partial charge < -0.3 is 19.3 Å². The monoisotopic (exact) mass is 395 g/mol. The molecule has 7 nitrogen and oxygen atoms in total. The molecule has 2 heterocycles. The van der Waals surface area contributed by atoms with Gasteiger partial charge in [-0.25, -0.2) is 4.79 Å². The molecule has 0 saturated heterocycles. The highest BCUT2D eigenvalue weighted by Crippen LogP contribution is 2.46. The summed E-state index contributed by atoms with van der Waals surface area (Å²) in [7, 11) is 6.63. The zero-order valence-corrected chi connectivity index (χ0v) is 17.1. The van der Waals surface area contributed by atoms with E-state index in [0.29, 0.717) is 18.0 Å². The van der Waals surface area contributed by atoms with Crippen molar-refractivity contribution in [1.82, 2.24) is 9.80 Å². The van der Waals surface area contributed by atoms with Gasteiger partial charge in [0.15, 0.2) is 11.5 Å². The number of amides is 3. The molecule has 0 spiro atoms. The second-order valence-electron chi connectivity index (χ2n) is 7.47. The Labute approximate surface area is 170 Å². The van der Waals surface area contributed by atoms with Crippen LogP contribution in [0.2, 0.25) is 0 Å². The standard InChI is InChI=1S/C22H25N3O4/c1-23(2)20(26)13-25-17-8-6-5-7-15(17)21-16-12-19(29-4)18(28-3)11-14(16)9-10-24(21)22(25)27/h5-8,11-12,21H,9-10,13H2,1-4H3. The summed E-state index contributed by atoms with van der Waals surface area (Å²) in [5, 5.41) is 0. The van der Waals surface area contributed by atoms with Crippen molar-refractivity contribution in [3.8, 4) is 11.5 Å². The Kier molecular flexibility index (Phi) is 4.82. The van der Waals surface area contributed by atoms with Gasteiger partial charge in [-0.15, -0.1) is 0 Å². The number of anilines is 1. The SMILES string of the molecule is COc1cc2c(cc1OC)C1c3ccccc3N(CC(=O)N(C)C)C(=O)N1CC2. The smallest absolute Gasteiger partial charge is 0.325 e. The molecule has 2 aromatic rings. The van der Waals surface area contributed by atoms with Crippen LogP contribution in [0.15, 0.2) is 36.4 Å². The van der Waals surface area contributed by atoms with E-state index in [1.807, 2.05) is 41.3 Å². The zero-order chi connectivity index (χ0) is 20.7. The number of carbonyl (C=O) groups is 2. The number of para-hydroxylation sites is 1. The van der Waals surface area contributed by atoms with Crippen LogP contribution in [0.4, 0.5) is 10.5 Å². The second-order valence-corrected chi connectivity index (χ2v) is 7.47. The van der Waals surface area contributed by atoms with Gasteiger partial charge in [0.25, 0.3) is 0 Å². The van der Waals surface area contributed by atoms with E-state index in [9.17, 15) is 9.59 Å². The van der Waals surface area contributed by atoms with Crippen LogP contribution in [0.3, 0.4) is 0 Å². The normalized spacial score (nSPS) is 17.2. The number of hydrogen-bond donors (Lipinski definition) is 0. The molecule has 0 radical (unpaired) electrons. The lowest BCUT2D eigenvalue weighted by Gasteiger charge is -2.45. The summed E-state index contributed by atoms with van der Waals surface area (Å²) in [6, 6.07) is 11.4. The average Bonchev–Trinajstić information content (AvgIpc) is 2.74. The van der Waals surface area contributed by atoms with E-state index in [1.165, 1.54) is 4.90 Å². The summed E-state index contributed by atoms with van der Waals surface area (Å²) in [5.41, 5.74) is 3.96. The number of rotatable bonds is 4. The molecule has 29 heavy (non-hydrogen) atoms. The van der Waals surface area contributed by atoms with Crippen LogP contribution in [0, 0.1) is 0 Å². The van der Waals surface area contributed by atoms with E-state index in [4.69, 9.17) is 9.47 Å². The van der Waals surface area contributed by atoms with Crippen molar-refractivity contribution in [2.75, 3.05) is 46.3 Å². The first-order valence-corrected chi connectivity index (χ1v) is 9.58. The average molecular weight is 395 g/mol. The summed E-state index contributed by atoms with van der Waals surface area (Å²) >= 11 is 0. The number of methoxy groups -OCH3 is 2. The Morgan fingerprint density at radius 2 is 1.79 bits per heavy atom. The fourth-order valence-corrected chi connectivity index (χ4v) is 4.14. The first-order chi connectivity index (χ1) is 14.0. The van der Waals surface area contributed by atoms with Gasteiger partial charge in [0.2, 0.25) is 5.91 Å². The number of nitrogens with zero attached hydrogens (tertiary/aromatic N) is 3. The largest absolute Gasteiger partial charge is 0.493 e. The van der Waals surface area contributed by atoms with Crippen LogP contribution in [-0.2, 0) is 11.2 Å². The Hall–Kier alpha value is -3.22. The van der Waals surface area contributed by atoms with Crippen molar-refractivity contribution < 1.29 is 19.1 Å². The maximum absolute atomic E-state index is 13.4. The van der Waals surface area contributed by atoms with Crippen LogP contribution in [0.5, 0.6) is 11.5 Å². The minimum atomic E-state index is -0.215. The number of urea groups is 1. The van der Waals surface area contributed by atoms with Crippen LogP contribution in [0.1, 0.15) is 22.7 Å². The molecule has 3 amide bonds. The molecule has 0 fully saturated rings. The van der Waals surface area contributed by atoms with Gasteiger partial charge in [0.05, 0.1) is 25.9 Å². The van der Waals surface area contributed by atoms with Gasteiger partial charge in [0.1, 0.15) is 6.54 Å². The molecule has 0 aliphatic carbocycles. The highest BCUT2D eigenvalue weighted by Gasteiger charge is 2.42. The van der Waals surface area contributed by atoms with Crippen molar-refractivity contribution >= 4 is 17.6 Å². The second kappa shape index (κ2) is 7.31. The molecular formula is C22H25N3O4. The van der Waals surface area contributed by atoms with Gasteiger partial charge in [-0.05, 0) is 35.7 Å². The number of likely N-dealkylation sites (N-methyl/N-ethyl adjacent to an activating group) is 1. The molecule has 2 aliphatic heterocycles. The third-order valence-corrected chi connectivity index (χ3v) is 5.66. The van der Waals surface area contributed by atoms with Crippen molar-refractivity contribution in [2.45, 2.75) is 12.5 Å². The predicted molar refractivity (Wildman–Crippen MR) is 110 cm³/mol. The Bertz CT molecular complexity index is 973. The molecule has 0 aromatic heterocycles. The maximum atomic E-state index is 13.4. The predicted octanol–water partition coefficient (Wildman–Crippen LogP) is 2.68. The van der Waals surface area contributed by atoms with Crippen molar-refractivity contribution in [3.05, 3.63) is 53.1 Å². The lowest BCUT2D eigenvalue weighted by atomic mass is 9.85. The van der Waals surface area contributed by atoms with E-state index in [0.717, 1.165) is 28.8 Å². The van der Waals surface area contributed by atoms with E-state index >= 15 is 0 Å². The Morgan fingerprint density at radius 3 is 2.48 bits per heavy atom. The molecule has 4 rings (SSSR count). The molecule has 2 aliphatic rings. The third-order valence-electron chi connectivity index (χ3n) is 5.66. The molecule has 0 N–H and O–H groups in total. The molecule has 1 unspecified atom stereocenters. The number of carbonyl (C=O) groups excluding carboxylic acids is 2. The number of benzene rings is 2. The summed E-state index contributed by atoms with van der Waals surface area (Å²) < 4.78 is 11.0. The van der Waals surface area contributed by atoms with Crippen LogP contribution >= 0.6 is 0 Å². The topological polar surface area (TPSA) is 62.3 Å². The minimum absolute atomic E-state index is 0.0187. The highest BCUT2D eigenvalue weighted by molar-refractivity contribution is 6.01. The number of fused-ring (bicyclic) bond motifs is 5. The van der Waals surface area contributed by atoms with E-state index in [1.54, 1.807) is 33.2 Å². The van der Waals surface area contributed by atoms with E-state index in [-0.39, 0.29) is 24.5 Å². The lowest BCUT2D eigenvalue weighted by Crippen LogP contribution is -2.54. The van der Waals surface area contributed by atoms with Crippen molar-refractivity contribution in [3.63, 3.8) is 0 Å². The van der Waals surface area contributed by atoms with Gasteiger partial charge in [0, 0.05) is 26.2 Å². The van der Waals surface area contributed by atoms with Gasteiger partial charge in [-0.1, -0.05) is 18.2 Å². The number of ether oxygens (including phenoxy) is 2. The van der Waals surface area contributed by atoms with Crippen LogP contribution in [0.25, 0.3) is 0 Å². The fraction of sp³-hybridized carbons (Fsp3) is 0.364. The molecule has 0 saturated carbocycles. The van der Waals surface area contributed by atoms with Crippen molar-refractivity contribution in [1.29, 1.82) is 0 Å². The quantitative estimate of drug-likeness (QED) is 0.799. The maximum Gasteiger partial charge on any atom is 0.325 e. The van der Waals surface area contributed by atoms with Crippen LogP contribution < -0.4 is 14.4 Å². The molecule has 0 bridgehead atoms. The summed E-state index contributed by atoms with van der Waals surface area (Å²) in [6.45, 7) is 0.595. The van der Waals surface area contributed by atoms with E-state index < -0.39 is 0 Å². The van der Waals surface area contributed by atoms with Crippen molar-refractivity contribution in [2.24, 2.45) is 0 Å². The van der Waals surface area contributed by atoms with E-state index in [2.05, 4.69) is 0 Å². The first kappa shape index (κ1) is 19.1. The van der Waals surface area contributed by atoms with Crippen LogP contribution in [-0.4, -0.2) is 63.1 Å². The first-order valence-electron chi connectivity index (χ1n) is 9.58. The molecular weight excluding hydrogens is 370 g/mol. The molecule has 2 aromatic carbocycles. The summed E-state index contributed by atoms with van der Waals surface area (Å²) in [6.07, 6.45) is 0.718. The van der Waals surface area contributed by atoms with Gasteiger partial charge in [-0.2, -0.15) is 0 Å². The molecule has 152 valence electrons. The number of hydrogen-bond acceptors (Lipinski definition) is 4. The van der Waals surface area contributed by atoms with Gasteiger partial charge in [-0.3, -0.25) is 9.69 Å². The Balaban J connectivity index is 1.84. The summed E-state index contributed by atoms with van der Waals surface area (Å²) in [5.74, 6) is 1.21. The fourth-order valence-electron chi connectivity index (χ4n) is 4.14. The molecule has 7 heteroatoms. The van der Waals surface area contributed by atoms with Gasteiger partial charge >= 0.3 is 6.03 Å². The zero-order valence-electron chi connectivity index (χ0n) is 17.1. The lowest BCUT2D eigenvalue weighted by molar-refractivity contribution is -0.127. The minimum Gasteiger partial charge on any atom is -0.493 e. The summed E-state index contributed by atoms with van der Waals surface area (Å²) in [4.78, 5) is 30.7. The highest BCUT2D eigenvalue weighted by atomic mass is 16.5. The Morgan fingerprint density at radius 1 is 1.10 bits per heavy atom. The molecule has 1 atom stereocenters. The third kappa shape index (κ3) is 3.06.